The van der Waals surface area contributed by atoms with Crippen LogP contribution in [0.5, 0.6) is 0 Å². The number of nitrogens with zero attached hydrogens (tertiary/aromatic N) is 2. The van der Waals surface area contributed by atoms with Crippen LogP contribution in [0.1, 0.15) is 16.7 Å². The largest absolute Gasteiger partial charge is 0.394 e. The molecule has 0 saturated carbocycles. The molecule has 1 saturated heterocycles. The second-order valence-electron chi connectivity index (χ2n) is 4.22. The summed E-state index contributed by atoms with van der Waals surface area (Å²) in [5.74, 6) is -1.09. The van der Waals surface area contributed by atoms with Crippen molar-refractivity contribution < 1.29 is 24.9 Å². The van der Waals surface area contributed by atoms with Crippen LogP contribution in [0.3, 0.4) is 0 Å². The molecule has 1 fully saturated rings. The van der Waals surface area contributed by atoms with Crippen molar-refractivity contribution in [3.8, 4) is 0 Å². The summed E-state index contributed by atoms with van der Waals surface area (Å²) >= 11 is 5.67. The third kappa shape index (κ3) is 2.41. The fraction of sp³-hybridized carbons (Fsp3) is 0.500. The van der Waals surface area contributed by atoms with Gasteiger partial charge in [0.1, 0.15) is 23.5 Å². The summed E-state index contributed by atoms with van der Waals surface area (Å²) in [5.41, 5.74) is 3.47. The number of primary amides is 1. The van der Waals surface area contributed by atoms with Crippen molar-refractivity contribution in [1.82, 2.24) is 9.55 Å². The van der Waals surface area contributed by atoms with Crippen LogP contribution >= 0.6 is 11.6 Å². The van der Waals surface area contributed by atoms with Gasteiger partial charge in [-0.3, -0.25) is 14.2 Å². The maximum absolute atomic E-state index is 12.0. The lowest BCUT2D eigenvalue weighted by molar-refractivity contribution is -0.0545. The van der Waals surface area contributed by atoms with Crippen LogP contribution in [-0.4, -0.2) is 55.7 Å². The van der Waals surface area contributed by atoms with Crippen molar-refractivity contribution in [2.45, 2.75) is 24.5 Å². The Bertz CT molecular complexity index is 591. The van der Waals surface area contributed by atoms with E-state index < -0.39 is 48.3 Å². The van der Waals surface area contributed by atoms with Crippen LogP contribution in [0, 0.1) is 0 Å². The lowest BCUT2D eigenvalue weighted by Gasteiger charge is -2.18. The number of amides is 1. The van der Waals surface area contributed by atoms with Gasteiger partial charge in [0, 0.05) is 6.20 Å². The molecule has 0 spiro atoms. The van der Waals surface area contributed by atoms with E-state index >= 15 is 0 Å². The highest BCUT2D eigenvalue weighted by molar-refractivity contribution is 6.29. The number of aromatic nitrogens is 2. The molecule has 2 rings (SSSR count). The Morgan fingerprint density at radius 3 is 2.65 bits per heavy atom. The van der Waals surface area contributed by atoms with Gasteiger partial charge in [0.05, 0.1) is 6.61 Å². The number of halogens is 1. The first-order chi connectivity index (χ1) is 9.36. The van der Waals surface area contributed by atoms with E-state index in [1.165, 1.54) is 0 Å². The molecule has 1 aliphatic rings. The average Bonchev–Trinajstić information content (AvgIpc) is 2.68. The zero-order chi connectivity index (χ0) is 15.0. The Hall–Kier alpha value is -1.52. The molecule has 1 aromatic heterocycles. The minimum absolute atomic E-state index is 0.212. The number of aliphatic hydroxyl groups is 3. The highest BCUT2D eigenvalue weighted by Crippen LogP contribution is 2.28. The van der Waals surface area contributed by atoms with Gasteiger partial charge >= 0.3 is 0 Å². The predicted molar refractivity (Wildman–Crippen MR) is 65.0 cm³/mol. The second-order valence-corrected chi connectivity index (χ2v) is 4.61. The summed E-state index contributed by atoms with van der Waals surface area (Å²) in [6.07, 6.45) is -4.21. The standard InChI is InChI=1S/C10H12ClN3O6/c11-4-1-14(9(19)5(13-4)8(12)18)10-7(17)6(16)3(2-15)20-10/h1,3,6-7,10,15-17H,2H2,(H2,12,18)/t3-,6-,7-,10-/m1/s1. The molecule has 0 radical (unpaired) electrons. The van der Waals surface area contributed by atoms with Gasteiger partial charge in [-0.1, -0.05) is 11.6 Å². The van der Waals surface area contributed by atoms with Crippen molar-refractivity contribution in [3.63, 3.8) is 0 Å². The summed E-state index contributed by atoms with van der Waals surface area (Å²) in [4.78, 5) is 26.6. The van der Waals surface area contributed by atoms with Crippen molar-refractivity contribution in [2.24, 2.45) is 5.73 Å². The van der Waals surface area contributed by atoms with E-state index in [4.69, 9.17) is 27.2 Å². The number of carbonyl (C=O) groups is 1. The van der Waals surface area contributed by atoms with Crippen LogP contribution in [-0.2, 0) is 4.74 Å². The molecule has 10 heteroatoms. The van der Waals surface area contributed by atoms with Gasteiger partial charge in [0.15, 0.2) is 11.9 Å². The van der Waals surface area contributed by atoms with E-state index in [0.717, 1.165) is 10.8 Å². The van der Waals surface area contributed by atoms with Crippen LogP contribution in [0.2, 0.25) is 5.15 Å². The maximum Gasteiger partial charge on any atom is 0.284 e. The number of nitrogens with two attached hydrogens (primary N) is 1. The van der Waals surface area contributed by atoms with Crippen LogP contribution in [0.25, 0.3) is 0 Å². The number of hydrogen-bond acceptors (Lipinski definition) is 7. The zero-order valence-electron chi connectivity index (χ0n) is 10.0. The van der Waals surface area contributed by atoms with E-state index in [-0.39, 0.29) is 5.15 Å². The Kier molecular flexibility index (Phi) is 4.06. The Labute approximate surface area is 117 Å². The molecule has 1 aliphatic heterocycles. The third-order valence-electron chi connectivity index (χ3n) is 2.93. The van der Waals surface area contributed by atoms with Crippen LogP contribution < -0.4 is 11.3 Å². The lowest BCUT2D eigenvalue weighted by Crippen LogP contribution is -2.38. The molecule has 2 heterocycles. The number of hydrogen-bond donors (Lipinski definition) is 4. The topological polar surface area (TPSA) is 148 Å². The maximum atomic E-state index is 12.0. The summed E-state index contributed by atoms with van der Waals surface area (Å²) in [6.45, 7) is -0.551. The van der Waals surface area contributed by atoms with Gasteiger partial charge in [0.2, 0.25) is 0 Å². The molecular weight excluding hydrogens is 294 g/mol. The van der Waals surface area contributed by atoms with Gasteiger partial charge in [-0.25, -0.2) is 4.98 Å². The van der Waals surface area contributed by atoms with Crippen LogP contribution in [0.4, 0.5) is 0 Å². The first kappa shape index (κ1) is 14.9. The fourth-order valence-electron chi connectivity index (χ4n) is 1.94. The summed E-state index contributed by atoms with van der Waals surface area (Å²) in [6, 6.07) is 0. The van der Waals surface area contributed by atoms with E-state index in [1.54, 1.807) is 0 Å². The van der Waals surface area contributed by atoms with E-state index in [9.17, 15) is 19.8 Å². The average molecular weight is 306 g/mol. The summed E-state index contributed by atoms with van der Waals surface area (Å²) < 4.78 is 5.97. The van der Waals surface area contributed by atoms with Gasteiger partial charge in [-0.15, -0.1) is 0 Å². The number of aliphatic hydroxyl groups excluding tert-OH is 3. The normalized spacial score (nSPS) is 29.6. The van der Waals surface area contributed by atoms with Gasteiger partial charge in [-0.2, -0.15) is 0 Å². The quantitative estimate of drug-likeness (QED) is 0.487. The molecule has 1 amide bonds. The number of ether oxygens (including phenoxy) is 1. The van der Waals surface area contributed by atoms with Crippen molar-refractivity contribution >= 4 is 17.5 Å². The highest BCUT2D eigenvalue weighted by Gasteiger charge is 2.44. The highest BCUT2D eigenvalue weighted by atomic mass is 35.5. The van der Waals surface area contributed by atoms with Gasteiger partial charge in [0.25, 0.3) is 11.5 Å². The van der Waals surface area contributed by atoms with Crippen LogP contribution in [0.15, 0.2) is 11.0 Å². The lowest BCUT2D eigenvalue weighted by atomic mass is 10.1. The Balaban J connectivity index is 2.49. The zero-order valence-corrected chi connectivity index (χ0v) is 10.8. The first-order valence-electron chi connectivity index (χ1n) is 5.57. The van der Waals surface area contributed by atoms with E-state index in [0.29, 0.717) is 0 Å². The van der Waals surface area contributed by atoms with Crippen molar-refractivity contribution in [2.75, 3.05) is 6.61 Å². The molecule has 4 atom stereocenters. The predicted octanol–water partition coefficient (Wildman–Crippen LogP) is -2.39. The molecule has 9 nitrogen and oxygen atoms in total. The molecule has 0 bridgehead atoms. The molecule has 0 unspecified atom stereocenters. The second kappa shape index (κ2) is 5.46. The van der Waals surface area contributed by atoms with Gasteiger partial charge < -0.3 is 25.8 Å². The molecule has 110 valence electrons. The third-order valence-corrected chi connectivity index (χ3v) is 3.11. The van der Waals surface area contributed by atoms with Crippen molar-refractivity contribution in [1.29, 1.82) is 0 Å². The molecular formula is C10H12ClN3O6. The summed E-state index contributed by atoms with van der Waals surface area (Å²) in [7, 11) is 0. The Morgan fingerprint density at radius 2 is 2.15 bits per heavy atom. The summed E-state index contributed by atoms with van der Waals surface area (Å²) in [5, 5.41) is 28.2. The fourth-order valence-corrected chi connectivity index (χ4v) is 2.13. The molecule has 5 N–H and O–H groups in total. The minimum atomic E-state index is -1.48. The molecule has 0 aliphatic carbocycles. The number of rotatable bonds is 3. The van der Waals surface area contributed by atoms with Crippen molar-refractivity contribution in [3.05, 3.63) is 27.4 Å². The van der Waals surface area contributed by atoms with E-state index in [1.807, 2.05) is 0 Å². The first-order valence-corrected chi connectivity index (χ1v) is 5.95. The SMILES string of the molecule is NC(=O)c1nc(Cl)cn([C@@H]2O[C@H](CO)[C@@H](O)[C@H]2O)c1=O. The monoisotopic (exact) mass is 305 g/mol. The Morgan fingerprint density at radius 1 is 1.50 bits per heavy atom. The molecule has 20 heavy (non-hydrogen) atoms. The van der Waals surface area contributed by atoms with E-state index in [2.05, 4.69) is 4.98 Å². The van der Waals surface area contributed by atoms with Gasteiger partial charge in [-0.05, 0) is 0 Å². The smallest absolute Gasteiger partial charge is 0.284 e. The molecule has 0 aromatic carbocycles. The molecule has 1 aromatic rings. The minimum Gasteiger partial charge on any atom is -0.394 e. The number of carbonyl (C=O) groups excluding carboxylic acids is 1.